The van der Waals surface area contributed by atoms with Gasteiger partial charge >= 0.3 is 5.97 Å². The molecule has 3 aromatic carbocycles. The first-order valence-electron chi connectivity index (χ1n) is 13.6. The summed E-state index contributed by atoms with van der Waals surface area (Å²) in [7, 11) is 0. The van der Waals surface area contributed by atoms with E-state index in [1.165, 1.54) is 31.4 Å². The van der Waals surface area contributed by atoms with Crippen molar-refractivity contribution >= 4 is 11.8 Å². The minimum Gasteiger partial charge on any atom is -0.481 e. The Morgan fingerprint density at radius 3 is 2.50 bits per heavy atom. The number of carboxylic acids is 1. The second-order valence-corrected chi connectivity index (χ2v) is 10.5. The molecule has 0 aliphatic carbocycles. The Morgan fingerprint density at radius 1 is 1.00 bits per heavy atom. The molecule has 1 aromatic heterocycles. The first-order chi connectivity index (χ1) is 19.4. The van der Waals surface area contributed by atoms with Crippen LogP contribution in [0.25, 0.3) is 22.8 Å². The lowest BCUT2D eigenvalue weighted by molar-refractivity contribution is -0.141. The Balaban J connectivity index is 1.25. The maximum Gasteiger partial charge on any atom is 0.307 e. The van der Waals surface area contributed by atoms with Crippen molar-refractivity contribution in [3.63, 3.8) is 0 Å². The molecule has 4 aromatic rings. The van der Waals surface area contributed by atoms with Crippen LogP contribution in [0.2, 0.25) is 0 Å². The van der Waals surface area contributed by atoms with Gasteiger partial charge in [-0.1, -0.05) is 53.5 Å². The van der Waals surface area contributed by atoms with Crippen molar-refractivity contribution in [2.45, 2.75) is 45.6 Å². The van der Waals surface area contributed by atoms with Crippen LogP contribution in [0.5, 0.6) is 0 Å². The van der Waals surface area contributed by atoms with E-state index in [-0.39, 0.29) is 35.9 Å². The summed E-state index contributed by atoms with van der Waals surface area (Å²) in [6, 6.07) is 19.4. The lowest BCUT2D eigenvalue weighted by Gasteiger charge is -2.26. The molecule has 5 rings (SSSR count). The summed E-state index contributed by atoms with van der Waals surface area (Å²) in [5, 5.41) is 13.8. The molecule has 1 fully saturated rings. The number of rotatable bonds is 10. The molecule has 0 bridgehead atoms. The van der Waals surface area contributed by atoms with E-state index in [9.17, 15) is 14.7 Å². The van der Waals surface area contributed by atoms with E-state index in [2.05, 4.69) is 15.0 Å². The molecule has 8 heteroatoms. The number of halogens is 1. The zero-order chi connectivity index (χ0) is 28.1. The van der Waals surface area contributed by atoms with E-state index in [1.54, 1.807) is 12.1 Å². The van der Waals surface area contributed by atoms with Crippen molar-refractivity contribution in [3.8, 4) is 22.8 Å². The monoisotopic (exact) mass is 541 g/mol. The van der Waals surface area contributed by atoms with Crippen LogP contribution >= 0.6 is 0 Å². The molecule has 1 unspecified atom stereocenters. The summed E-state index contributed by atoms with van der Waals surface area (Å²) in [5.74, 6) is -2.52. The summed E-state index contributed by atoms with van der Waals surface area (Å²) in [4.78, 5) is 31.8. The van der Waals surface area contributed by atoms with Gasteiger partial charge in [0.25, 0.3) is 5.89 Å². The quantitative estimate of drug-likeness (QED) is 0.234. The first kappa shape index (κ1) is 27.4. The highest BCUT2D eigenvalue weighted by Crippen LogP contribution is 2.27. The predicted octanol–water partition coefficient (Wildman–Crippen LogP) is 6.35. The lowest BCUT2D eigenvalue weighted by Crippen LogP contribution is -2.29. The fourth-order valence-corrected chi connectivity index (χ4v) is 5.10. The minimum absolute atomic E-state index is 0.0204. The molecule has 1 aliphatic heterocycles. The number of hydrogen-bond donors (Lipinski definition) is 1. The summed E-state index contributed by atoms with van der Waals surface area (Å²) in [5.41, 5.74) is 4.00. The normalized spacial score (nSPS) is 14.7. The molecule has 1 N–H and O–H groups in total. The van der Waals surface area contributed by atoms with Gasteiger partial charge in [0.15, 0.2) is 5.78 Å². The van der Waals surface area contributed by atoms with Gasteiger partial charge in [-0.15, -0.1) is 0 Å². The highest BCUT2D eigenvalue weighted by Gasteiger charge is 2.24. The fraction of sp³-hybridized carbons (Fsp3) is 0.312. The van der Waals surface area contributed by atoms with E-state index in [4.69, 9.17) is 4.52 Å². The third-order valence-corrected chi connectivity index (χ3v) is 7.37. The first-order valence-corrected chi connectivity index (χ1v) is 13.6. The standard InChI is InChI=1S/C32H32FN3O4/c1-21-8-11-24(12-9-21)31-34-30(35-40-31)27-13-10-22(18-28(27)33)16-26(32(38)39)19-29(37)25-7-5-6-23(17-25)20-36-14-3-2-4-15-36/h5-13,17-18,26H,2-4,14-16,19-20H2,1H3,(H,38,39). The number of carbonyl (C=O) groups excluding carboxylic acids is 1. The van der Waals surface area contributed by atoms with Crippen molar-refractivity contribution in [1.82, 2.24) is 15.0 Å². The number of benzene rings is 3. The fourth-order valence-electron chi connectivity index (χ4n) is 5.10. The third kappa shape index (κ3) is 6.69. The van der Waals surface area contributed by atoms with Gasteiger partial charge in [-0.2, -0.15) is 4.98 Å². The second-order valence-electron chi connectivity index (χ2n) is 10.5. The second kappa shape index (κ2) is 12.3. The van der Waals surface area contributed by atoms with Gasteiger partial charge in [0.1, 0.15) is 5.82 Å². The molecule has 1 aliphatic rings. The predicted molar refractivity (Wildman–Crippen MR) is 149 cm³/mol. The van der Waals surface area contributed by atoms with Crippen molar-refractivity contribution in [1.29, 1.82) is 0 Å². The number of ketones is 1. The molecule has 40 heavy (non-hydrogen) atoms. The van der Waals surface area contributed by atoms with E-state index in [1.807, 2.05) is 49.4 Å². The number of piperidine rings is 1. The Labute approximate surface area is 232 Å². The maximum atomic E-state index is 15.1. The van der Waals surface area contributed by atoms with Gasteiger partial charge in [0, 0.05) is 24.1 Å². The van der Waals surface area contributed by atoms with Gasteiger partial charge in [-0.25, -0.2) is 4.39 Å². The number of carbonyl (C=O) groups is 2. The van der Waals surface area contributed by atoms with Crippen LogP contribution in [0.4, 0.5) is 4.39 Å². The smallest absolute Gasteiger partial charge is 0.307 e. The van der Waals surface area contributed by atoms with Crippen LogP contribution in [0.1, 0.15) is 52.7 Å². The van der Waals surface area contributed by atoms with E-state index in [0.717, 1.165) is 36.3 Å². The minimum atomic E-state index is -1.09. The molecule has 1 saturated heterocycles. The molecule has 206 valence electrons. The molecule has 0 radical (unpaired) electrons. The van der Waals surface area contributed by atoms with Crippen LogP contribution in [0, 0.1) is 18.7 Å². The number of nitrogens with zero attached hydrogens (tertiary/aromatic N) is 3. The molecular weight excluding hydrogens is 509 g/mol. The van der Waals surface area contributed by atoms with Gasteiger partial charge < -0.3 is 9.63 Å². The summed E-state index contributed by atoms with van der Waals surface area (Å²) < 4.78 is 20.4. The molecule has 0 saturated carbocycles. The van der Waals surface area contributed by atoms with Crippen molar-refractivity contribution in [2.75, 3.05) is 13.1 Å². The number of likely N-dealkylation sites (tertiary alicyclic amines) is 1. The summed E-state index contributed by atoms with van der Waals surface area (Å²) >= 11 is 0. The van der Waals surface area contributed by atoms with Crippen molar-refractivity contribution in [3.05, 3.63) is 94.8 Å². The number of aromatic nitrogens is 2. The summed E-state index contributed by atoms with van der Waals surface area (Å²) in [6.45, 7) is 4.85. The molecule has 0 amide bonds. The number of aliphatic carboxylic acids is 1. The number of Topliss-reactive ketones (excluding diaryl/α,β-unsaturated/α-hetero) is 1. The highest BCUT2D eigenvalue weighted by atomic mass is 19.1. The van der Waals surface area contributed by atoms with Crippen LogP contribution in [-0.4, -0.2) is 45.0 Å². The van der Waals surface area contributed by atoms with Crippen molar-refractivity contribution in [2.24, 2.45) is 5.92 Å². The Bertz CT molecular complexity index is 1490. The molecule has 7 nitrogen and oxygen atoms in total. The van der Waals surface area contributed by atoms with Gasteiger partial charge in [-0.3, -0.25) is 14.5 Å². The average molecular weight is 542 g/mol. The van der Waals surface area contributed by atoms with E-state index >= 15 is 4.39 Å². The van der Waals surface area contributed by atoms with Crippen LogP contribution in [-0.2, 0) is 17.8 Å². The molecule has 1 atom stereocenters. The number of hydrogen-bond acceptors (Lipinski definition) is 6. The highest BCUT2D eigenvalue weighted by molar-refractivity contribution is 5.98. The largest absolute Gasteiger partial charge is 0.481 e. The zero-order valence-corrected chi connectivity index (χ0v) is 22.5. The number of carboxylic acid groups (broad SMARTS) is 1. The van der Waals surface area contributed by atoms with Gasteiger partial charge in [0.2, 0.25) is 5.82 Å². The Morgan fingerprint density at radius 2 is 1.77 bits per heavy atom. The van der Waals surface area contributed by atoms with Crippen molar-refractivity contribution < 1.29 is 23.6 Å². The van der Waals surface area contributed by atoms with Gasteiger partial charge in [0.05, 0.1) is 11.5 Å². The summed E-state index contributed by atoms with van der Waals surface area (Å²) in [6.07, 6.45) is 3.47. The van der Waals surface area contributed by atoms with E-state index in [0.29, 0.717) is 11.1 Å². The molecule has 0 spiro atoms. The lowest BCUT2D eigenvalue weighted by atomic mass is 9.91. The SMILES string of the molecule is Cc1ccc(-c2nc(-c3ccc(CC(CC(=O)c4cccc(CN5CCCCC5)c4)C(=O)O)cc3F)no2)cc1. The topological polar surface area (TPSA) is 96.5 Å². The van der Waals surface area contributed by atoms with Crippen LogP contribution in [0.3, 0.4) is 0 Å². The van der Waals surface area contributed by atoms with Gasteiger partial charge in [-0.05, 0) is 80.7 Å². The zero-order valence-electron chi connectivity index (χ0n) is 22.5. The maximum absolute atomic E-state index is 15.1. The average Bonchev–Trinajstić information content (AvgIpc) is 3.44. The third-order valence-electron chi connectivity index (χ3n) is 7.37. The van der Waals surface area contributed by atoms with E-state index < -0.39 is 17.7 Å². The number of aryl methyl sites for hydroxylation is 1. The van der Waals surface area contributed by atoms with Crippen LogP contribution in [0.15, 0.2) is 71.3 Å². The Hall–Kier alpha value is -4.17. The van der Waals surface area contributed by atoms with Crippen LogP contribution < -0.4 is 0 Å². The Kier molecular flexibility index (Phi) is 8.45. The molecular formula is C32H32FN3O4. The molecule has 2 heterocycles.